The zero-order valence-corrected chi connectivity index (χ0v) is 19.6. The molecule has 3 rings (SSSR count). The fourth-order valence-corrected chi connectivity index (χ4v) is 4.17. The number of hydrogen-bond donors (Lipinski definition) is 2. The van der Waals surface area contributed by atoms with Gasteiger partial charge in [0.25, 0.3) is 5.91 Å². The number of alkyl halides is 3. The first kappa shape index (κ1) is 25.8. The Morgan fingerprint density at radius 1 is 1.18 bits per heavy atom. The van der Waals surface area contributed by atoms with E-state index in [1.165, 1.54) is 19.2 Å². The highest BCUT2D eigenvalue weighted by Gasteiger charge is 2.31. The number of esters is 1. The first-order valence-electron chi connectivity index (χ1n) is 11.1. The average Bonchev–Trinajstić information content (AvgIpc) is 3.09. The van der Waals surface area contributed by atoms with Crippen molar-refractivity contribution in [3.05, 3.63) is 57.9 Å². The summed E-state index contributed by atoms with van der Waals surface area (Å²) in [5.41, 5.74) is 1.71. The van der Waals surface area contributed by atoms with Gasteiger partial charge in [-0.25, -0.2) is 4.79 Å². The minimum atomic E-state index is -4.36. The second-order valence-corrected chi connectivity index (χ2v) is 8.48. The smallest absolute Gasteiger partial charge is 0.416 e. The van der Waals surface area contributed by atoms with Crippen LogP contribution in [0, 0.1) is 13.8 Å². The fraction of sp³-hybridized carbons (Fsp3) is 0.500. The Morgan fingerprint density at radius 2 is 1.88 bits per heavy atom. The van der Waals surface area contributed by atoms with Gasteiger partial charge >= 0.3 is 12.1 Å². The van der Waals surface area contributed by atoms with E-state index in [0.717, 1.165) is 6.07 Å². The van der Waals surface area contributed by atoms with E-state index in [0.29, 0.717) is 60.6 Å². The molecule has 2 heterocycles. The summed E-state index contributed by atoms with van der Waals surface area (Å²) in [4.78, 5) is 30.3. The molecule has 1 saturated heterocycles. The molecule has 34 heavy (non-hydrogen) atoms. The molecular weight excluding hydrogens is 451 g/mol. The van der Waals surface area contributed by atoms with Crippen LogP contribution >= 0.6 is 0 Å². The molecule has 1 aliphatic heterocycles. The van der Waals surface area contributed by atoms with E-state index in [1.807, 2.05) is 0 Å². The van der Waals surface area contributed by atoms with E-state index in [9.17, 15) is 22.8 Å². The van der Waals surface area contributed by atoms with Crippen LogP contribution in [0.5, 0.6) is 0 Å². The lowest BCUT2D eigenvalue weighted by Crippen LogP contribution is -2.44. The standard InChI is InChI=1S/C24H30F3N3O4/c1-15-20(23(32)34-12-11-33-3)16(2)28-21(15)22(31)29-19-7-9-30(10-8-19)14-17-5-4-6-18(13-17)24(25,26)27/h4-6,13,19,28H,7-12,14H2,1-3H3,(H,29,31). The topological polar surface area (TPSA) is 83.7 Å². The second-order valence-electron chi connectivity index (χ2n) is 8.48. The Hall–Kier alpha value is -2.85. The summed E-state index contributed by atoms with van der Waals surface area (Å²) < 4.78 is 48.9. The molecule has 2 aromatic rings. The van der Waals surface area contributed by atoms with Crippen LogP contribution in [0.4, 0.5) is 13.2 Å². The van der Waals surface area contributed by atoms with Gasteiger partial charge in [0.05, 0.1) is 17.7 Å². The average molecular weight is 482 g/mol. The molecule has 0 spiro atoms. The predicted molar refractivity (Wildman–Crippen MR) is 120 cm³/mol. The summed E-state index contributed by atoms with van der Waals surface area (Å²) in [6, 6.07) is 5.30. The highest BCUT2D eigenvalue weighted by molar-refractivity contribution is 6.00. The van der Waals surface area contributed by atoms with Gasteiger partial charge < -0.3 is 19.8 Å². The number of H-pyrrole nitrogens is 1. The fourth-order valence-electron chi connectivity index (χ4n) is 4.17. The van der Waals surface area contributed by atoms with Crippen molar-refractivity contribution in [2.75, 3.05) is 33.4 Å². The number of rotatable bonds is 8. The number of methoxy groups -OCH3 is 1. The van der Waals surface area contributed by atoms with Gasteiger partial charge in [-0.05, 0) is 43.9 Å². The van der Waals surface area contributed by atoms with Crippen molar-refractivity contribution in [2.24, 2.45) is 0 Å². The third kappa shape index (κ3) is 6.38. The van der Waals surface area contributed by atoms with Crippen molar-refractivity contribution in [1.29, 1.82) is 0 Å². The van der Waals surface area contributed by atoms with E-state index in [2.05, 4.69) is 15.2 Å². The molecular formula is C24H30F3N3O4. The monoisotopic (exact) mass is 481 g/mol. The number of aromatic nitrogens is 1. The van der Waals surface area contributed by atoms with Crippen molar-refractivity contribution in [1.82, 2.24) is 15.2 Å². The molecule has 10 heteroatoms. The summed E-state index contributed by atoms with van der Waals surface area (Å²) in [7, 11) is 1.51. The lowest BCUT2D eigenvalue weighted by atomic mass is 10.0. The van der Waals surface area contributed by atoms with Crippen LogP contribution in [0.25, 0.3) is 0 Å². The molecule has 1 aromatic heterocycles. The Balaban J connectivity index is 1.54. The van der Waals surface area contributed by atoms with Crippen LogP contribution in [0.1, 0.15) is 56.1 Å². The molecule has 1 aromatic carbocycles. The Labute approximate surface area is 196 Å². The van der Waals surface area contributed by atoms with Gasteiger partial charge in [0, 0.05) is 38.5 Å². The van der Waals surface area contributed by atoms with E-state index in [4.69, 9.17) is 9.47 Å². The van der Waals surface area contributed by atoms with Crippen LogP contribution in [-0.4, -0.2) is 61.2 Å². The number of likely N-dealkylation sites (tertiary alicyclic amines) is 1. The van der Waals surface area contributed by atoms with Crippen LogP contribution in [0.15, 0.2) is 24.3 Å². The normalized spacial score (nSPS) is 15.4. The summed E-state index contributed by atoms with van der Waals surface area (Å²) >= 11 is 0. The number of carbonyl (C=O) groups is 2. The SMILES string of the molecule is COCCOC(=O)c1c(C)[nH]c(C(=O)NC2CCN(Cc3cccc(C(F)(F)F)c3)CC2)c1C. The van der Waals surface area contributed by atoms with Crippen molar-refractivity contribution in [3.63, 3.8) is 0 Å². The van der Waals surface area contributed by atoms with E-state index < -0.39 is 17.7 Å². The quantitative estimate of drug-likeness (QED) is 0.442. The lowest BCUT2D eigenvalue weighted by molar-refractivity contribution is -0.137. The first-order valence-corrected chi connectivity index (χ1v) is 11.1. The third-order valence-corrected chi connectivity index (χ3v) is 5.97. The molecule has 0 bridgehead atoms. The maximum atomic E-state index is 12.9. The molecule has 1 aliphatic rings. The van der Waals surface area contributed by atoms with Crippen LogP contribution < -0.4 is 5.32 Å². The number of aryl methyl sites for hydroxylation is 1. The first-order chi connectivity index (χ1) is 16.1. The molecule has 1 amide bonds. The number of nitrogens with zero attached hydrogens (tertiary/aromatic N) is 1. The highest BCUT2D eigenvalue weighted by atomic mass is 19.4. The minimum Gasteiger partial charge on any atom is -0.460 e. The number of nitrogens with one attached hydrogen (secondary N) is 2. The summed E-state index contributed by atoms with van der Waals surface area (Å²) in [5.74, 6) is -0.807. The predicted octanol–water partition coefficient (Wildman–Crippen LogP) is 3.85. The number of ether oxygens (including phenoxy) is 2. The highest BCUT2D eigenvalue weighted by Crippen LogP contribution is 2.30. The molecule has 0 radical (unpaired) electrons. The molecule has 186 valence electrons. The molecule has 0 atom stereocenters. The van der Waals surface area contributed by atoms with E-state index in [-0.39, 0.29) is 25.2 Å². The van der Waals surface area contributed by atoms with Gasteiger partial charge in [0.2, 0.25) is 0 Å². The number of hydrogen-bond acceptors (Lipinski definition) is 5. The maximum absolute atomic E-state index is 12.9. The van der Waals surface area contributed by atoms with Gasteiger partial charge in [0.15, 0.2) is 0 Å². The summed E-state index contributed by atoms with van der Waals surface area (Å²) in [6.07, 6.45) is -3.01. The summed E-state index contributed by atoms with van der Waals surface area (Å²) in [5, 5.41) is 3.00. The van der Waals surface area contributed by atoms with Crippen LogP contribution in [0.2, 0.25) is 0 Å². The minimum absolute atomic E-state index is 0.0645. The van der Waals surface area contributed by atoms with Gasteiger partial charge in [-0.1, -0.05) is 18.2 Å². The zero-order chi connectivity index (χ0) is 24.9. The van der Waals surface area contributed by atoms with Crippen molar-refractivity contribution >= 4 is 11.9 Å². The van der Waals surface area contributed by atoms with Gasteiger partial charge in [-0.3, -0.25) is 9.69 Å². The number of piperidine rings is 1. The molecule has 7 nitrogen and oxygen atoms in total. The third-order valence-electron chi connectivity index (χ3n) is 5.97. The molecule has 0 aliphatic carbocycles. The van der Waals surface area contributed by atoms with Crippen LogP contribution in [-0.2, 0) is 22.2 Å². The van der Waals surface area contributed by atoms with Crippen molar-refractivity contribution in [3.8, 4) is 0 Å². The van der Waals surface area contributed by atoms with Crippen LogP contribution in [0.3, 0.4) is 0 Å². The van der Waals surface area contributed by atoms with Gasteiger partial charge in [-0.15, -0.1) is 0 Å². The second kappa shape index (κ2) is 11.1. The Kier molecular flexibility index (Phi) is 8.37. The Morgan fingerprint density at radius 3 is 2.53 bits per heavy atom. The number of halogens is 3. The molecule has 0 saturated carbocycles. The number of aromatic amines is 1. The number of amides is 1. The molecule has 2 N–H and O–H groups in total. The molecule has 0 unspecified atom stereocenters. The number of benzene rings is 1. The zero-order valence-electron chi connectivity index (χ0n) is 19.6. The maximum Gasteiger partial charge on any atom is 0.416 e. The van der Waals surface area contributed by atoms with E-state index >= 15 is 0 Å². The van der Waals surface area contributed by atoms with E-state index in [1.54, 1.807) is 19.9 Å². The van der Waals surface area contributed by atoms with Gasteiger partial charge in [0.1, 0.15) is 12.3 Å². The van der Waals surface area contributed by atoms with Crippen molar-refractivity contribution < 1.29 is 32.2 Å². The van der Waals surface area contributed by atoms with Crippen molar-refractivity contribution in [2.45, 2.75) is 45.5 Å². The largest absolute Gasteiger partial charge is 0.460 e. The Bertz CT molecular complexity index is 1010. The van der Waals surface area contributed by atoms with Gasteiger partial charge in [-0.2, -0.15) is 13.2 Å². The summed E-state index contributed by atoms with van der Waals surface area (Å²) in [6.45, 7) is 5.55. The number of carbonyl (C=O) groups excluding carboxylic acids is 2. The lowest BCUT2D eigenvalue weighted by Gasteiger charge is -2.32. The molecule has 1 fully saturated rings.